The number of hydrogen-bond acceptors (Lipinski definition) is 4. The topological polar surface area (TPSA) is 64.8 Å². The van der Waals surface area contributed by atoms with Gasteiger partial charge in [0, 0.05) is 13.1 Å². The second-order valence-corrected chi connectivity index (χ2v) is 5.61. The van der Waals surface area contributed by atoms with E-state index in [1.165, 1.54) is 0 Å². The minimum absolute atomic E-state index is 0.0323. The van der Waals surface area contributed by atoms with E-state index in [0.717, 1.165) is 18.4 Å². The Balaban J connectivity index is 1.62. The molecule has 1 amide bonds. The largest absolute Gasteiger partial charge is 0.370 e. The Kier molecular flexibility index (Phi) is 4.53. The third-order valence-corrected chi connectivity index (χ3v) is 4.20. The number of morpholine rings is 1. The highest BCUT2D eigenvalue weighted by molar-refractivity contribution is 5.81. The van der Waals surface area contributed by atoms with Crippen LogP contribution < -0.4 is 5.73 Å². The van der Waals surface area contributed by atoms with E-state index >= 15 is 0 Å². The van der Waals surface area contributed by atoms with Crippen LogP contribution in [0.4, 0.5) is 0 Å². The molecular weight excluding hydrogens is 268 g/mol. The smallest absolute Gasteiger partial charge is 0.251 e. The van der Waals surface area contributed by atoms with Gasteiger partial charge in [-0.2, -0.15) is 0 Å². The summed E-state index contributed by atoms with van der Waals surface area (Å²) in [5.41, 5.74) is 6.72. The number of nitrogens with two attached hydrogens (primary N) is 1. The molecule has 2 N–H and O–H groups in total. The zero-order valence-electron chi connectivity index (χ0n) is 12.1. The number of ether oxygens (including phenoxy) is 2. The molecule has 3 rings (SSSR count). The molecule has 0 saturated carbocycles. The van der Waals surface area contributed by atoms with Crippen LogP contribution >= 0.6 is 0 Å². The van der Waals surface area contributed by atoms with E-state index in [-0.39, 0.29) is 24.2 Å². The lowest BCUT2D eigenvalue weighted by molar-refractivity contribution is -0.150. The molecule has 1 unspecified atom stereocenters. The first-order valence-corrected chi connectivity index (χ1v) is 7.59. The first-order valence-electron chi connectivity index (χ1n) is 7.59. The van der Waals surface area contributed by atoms with Gasteiger partial charge < -0.3 is 20.1 Å². The molecule has 3 atom stereocenters. The fraction of sp³-hybridized carbons (Fsp3) is 0.562. The zero-order chi connectivity index (χ0) is 14.7. The van der Waals surface area contributed by atoms with Crippen molar-refractivity contribution in [2.24, 2.45) is 5.73 Å². The molecule has 2 fully saturated rings. The first kappa shape index (κ1) is 14.5. The molecule has 0 radical (unpaired) electrons. The van der Waals surface area contributed by atoms with Gasteiger partial charge in [-0.05, 0) is 18.4 Å². The molecule has 2 aliphatic rings. The predicted molar refractivity (Wildman–Crippen MR) is 78.7 cm³/mol. The number of carbonyl (C=O) groups is 1. The van der Waals surface area contributed by atoms with Crippen LogP contribution in [0.25, 0.3) is 0 Å². The third-order valence-electron chi connectivity index (χ3n) is 4.20. The van der Waals surface area contributed by atoms with E-state index in [1.807, 2.05) is 35.2 Å². The molecule has 114 valence electrons. The van der Waals surface area contributed by atoms with Gasteiger partial charge in [0.25, 0.3) is 5.91 Å². The van der Waals surface area contributed by atoms with Crippen LogP contribution in [0.1, 0.15) is 24.5 Å². The van der Waals surface area contributed by atoms with Crippen molar-refractivity contribution >= 4 is 5.91 Å². The van der Waals surface area contributed by atoms with Crippen molar-refractivity contribution in [3.8, 4) is 0 Å². The Hall–Kier alpha value is -1.43. The Morgan fingerprint density at radius 2 is 2.10 bits per heavy atom. The van der Waals surface area contributed by atoms with Gasteiger partial charge in [-0.25, -0.2) is 0 Å². The van der Waals surface area contributed by atoms with Gasteiger partial charge >= 0.3 is 0 Å². The molecule has 2 aliphatic heterocycles. The Labute approximate surface area is 125 Å². The van der Waals surface area contributed by atoms with E-state index in [1.54, 1.807) is 0 Å². The standard InChI is InChI=1S/C16H22N2O3/c17-10-13-6-7-14(21-13)16(19)18-8-9-20-15(11-18)12-4-2-1-3-5-12/h1-5,13-15H,6-11,17H2/t13-,14+,15?/m1/s1. The molecule has 0 spiro atoms. The minimum Gasteiger partial charge on any atom is -0.370 e. The number of hydrogen-bond donors (Lipinski definition) is 1. The van der Waals surface area contributed by atoms with Crippen molar-refractivity contribution in [1.29, 1.82) is 0 Å². The summed E-state index contributed by atoms with van der Waals surface area (Å²) < 4.78 is 11.5. The molecule has 2 heterocycles. The highest BCUT2D eigenvalue weighted by Crippen LogP contribution is 2.25. The highest BCUT2D eigenvalue weighted by Gasteiger charge is 2.35. The number of amides is 1. The van der Waals surface area contributed by atoms with Crippen molar-refractivity contribution in [2.45, 2.75) is 31.2 Å². The molecule has 1 aromatic carbocycles. The molecule has 21 heavy (non-hydrogen) atoms. The maximum atomic E-state index is 12.5. The van der Waals surface area contributed by atoms with Gasteiger partial charge in [0.2, 0.25) is 0 Å². The van der Waals surface area contributed by atoms with Crippen LogP contribution in [0.15, 0.2) is 30.3 Å². The van der Waals surface area contributed by atoms with Crippen LogP contribution in [-0.2, 0) is 14.3 Å². The molecule has 1 aromatic rings. The first-order chi connectivity index (χ1) is 10.3. The van der Waals surface area contributed by atoms with Crippen molar-refractivity contribution in [1.82, 2.24) is 4.90 Å². The van der Waals surface area contributed by atoms with E-state index in [0.29, 0.717) is 26.2 Å². The Bertz CT molecular complexity index is 480. The second kappa shape index (κ2) is 6.56. The SMILES string of the molecule is NC[C@H]1CC[C@@H](C(=O)N2CCOC(c3ccccc3)C2)O1. The maximum absolute atomic E-state index is 12.5. The van der Waals surface area contributed by atoms with Gasteiger partial charge in [0.15, 0.2) is 0 Å². The third kappa shape index (κ3) is 3.26. The van der Waals surface area contributed by atoms with Gasteiger partial charge in [-0.1, -0.05) is 30.3 Å². The summed E-state index contributed by atoms with van der Waals surface area (Å²) in [7, 11) is 0. The summed E-state index contributed by atoms with van der Waals surface area (Å²) in [5.74, 6) is 0.0789. The van der Waals surface area contributed by atoms with Gasteiger partial charge in [0.05, 0.1) is 19.3 Å². The minimum atomic E-state index is -0.326. The van der Waals surface area contributed by atoms with Crippen molar-refractivity contribution in [3.05, 3.63) is 35.9 Å². The summed E-state index contributed by atoms with van der Waals surface area (Å²) in [6, 6.07) is 10.0. The summed E-state index contributed by atoms with van der Waals surface area (Å²) in [5, 5.41) is 0. The Morgan fingerprint density at radius 3 is 2.81 bits per heavy atom. The molecule has 2 saturated heterocycles. The number of benzene rings is 1. The van der Waals surface area contributed by atoms with E-state index in [4.69, 9.17) is 15.2 Å². The van der Waals surface area contributed by atoms with Crippen LogP contribution in [0.5, 0.6) is 0 Å². The molecular formula is C16H22N2O3. The quantitative estimate of drug-likeness (QED) is 0.905. The lowest BCUT2D eigenvalue weighted by Gasteiger charge is -2.34. The van der Waals surface area contributed by atoms with Crippen molar-refractivity contribution in [3.63, 3.8) is 0 Å². The number of carbonyl (C=O) groups excluding carboxylic acids is 1. The second-order valence-electron chi connectivity index (χ2n) is 5.61. The lowest BCUT2D eigenvalue weighted by Crippen LogP contribution is -2.46. The predicted octanol–water partition coefficient (Wildman–Crippen LogP) is 1.09. The molecule has 0 aliphatic carbocycles. The van der Waals surface area contributed by atoms with Gasteiger partial charge in [0.1, 0.15) is 12.2 Å². The number of rotatable bonds is 3. The van der Waals surface area contributed by atoms with Gasteiger partial charge in [-0.15, -0.1) is 0 Å². The zero-order valence-corrected chi connectivity index (χ0v) is 12.1. The highest BCUT2D eigenvalue weighted by atomic mass is 16.5. The summed E-state index contributed by atoms with van der Waals surface area (Å²) in [6.45, 7) is 2.28. The van der Waals surface area contributed by atoms with Crippen LogP contribution in [0.3, 0.4) is 0 Å². The fourth-order valence-electron chi connectivity index (χ4n) is 2.98. The van der Waals surface area contributed by atoms with Crippen molar-refractivity contribution in [2.75, 3.05) is 26.2 Å². The van der Waals surface area contributed by atoms with Crippen LogP contribution in [0.2, 0.25) is 0 Å². The molecule has 0 aromatic heterocycles. The van der Waals surface area contributed by atoms with E-state index in [2.05, 4.69) is 0 Å². The summed E-state index contributed by atoms with van der Waals surface area (Å²) in [4.78, 5) is 14.4. The monoisotopic (exact) mass is 290 g/mol. The molecule has 5 nitrogen and oxygen atoms in total. The molecule has 0 bridgehead atoms. The van der Waals surface area contributed by atoms with Crippen LogP contribution in [-0.4, -0.2) is 49.3 Å². The average molecular weight is 290 g/mol. The normalized spacial score (nSPS) is 29.6. The maximum Gasteiger partial charge on any atom is 0.251 e. The van der Waals surface area contributed by atoms with Gasteiger partial charge in [-0.3, -0.25) is 4.79 Å². The Morgan fingerprint density at radius 1 is 1.29 bits per heavy atom. The summed E-state index contributed by atoms with van der Waals surface area (Å²) >= 11 is 0. The average Bonchev–Trinajstić information content (AvgIpc) is 3.04. The number of nitrogens with zero attached hydrogens (tertiary/aromatic N) is 1. The van der Waals surface area contributed by atoms with Crippen molar-refractivity contribution < 1.29 is 14.3 Å². The summed E-state index contributed by atoms with van der Waals surface area (Å²) in [6.07, 6.45) is 1.31. The molecule has 5 heteroatoms. The fourth-order valence-corrected chi connectivity index (χ4v) is 2.98. The van der Waals surface area contributed by atoms with Crippen LogP contribution in [0, 0.1) is 0 Å². The van der Waals surface area contributed by atoms with E-state index < -0.39 is 0 Å². The lowest BCUT2D eigenvalue weighted by atomic mass is 10.1. The van der Waals surface area contributed by atoms with E-state index in [9.17, 15) is 4.79 Å².